The maximum atomic E-state index is 13.1. The molecule has 1 N–H and O–H groups in total. The molecule has 0 aliphatic carbocycles. The zero-order chi connectivity index (χ0) is 14.7. The summed E-state index contributed by atoms with van der Waals surface area (Å²) in [6.07, 6.45) is 0. The third-order valence-corrected chi connectivity index (χ3v) is 3.03. The zero-order valence-electron chi connectivity index (χ0n) is 9.95. The van der Waals surface area contributed by atoms with Gasteiger partial charge in [-0.2, -0.15) is 5.26 Å². The second-order valence-electron chi connectivity index (χ2n) is 3.88. The van der Waals surface area contributed by atoms with Crippen molar-refractivity contribution in [2.24, 2.45) is 0 Å². The van der Waals surface area contributed by atoms with Crippen LogP contribution in [0, 0.1) is 23.0 Å². The van der Waals surface area contributed by atoms with E-state index in [4.69, 9.17) is 5.26 Å². The fourth-order valence-electron chi connectivity index (χ4n) is 1.55. The molecule has 0 atom stereocenters. The van der Waals surface area contributed by atoms with Crippen molar-refractivity contribution in [2.75, 3.05) is 5.32 Å². The van der Waals surface area contributed by atoms with Crippen molar-refractivity contribution in [1.29, 1.82) is 5.26 Å². The summed E-state index contributed by atoms with van der Waals surface area (Å²) in [6, 6.07) is 9.51. The lowest BCUT2D eigenvalue weighted by atomic mass is 10.1. The number of halogens is 3. The molecule has 0 saturated heterocycles. The first-order chi connectivity index (χ1) is 9.51. The molecule has 2 rings (SSSR count). The highest BCUT2D eigenvalue weighted by atomic mass is 79.9. The van der Waals surface area contributed by atoms with Gasteiger partial charge in [0.25, 0.3) is 5.91 Å². The van der Waals surface area contributed by atoms with E-state index >= 15 is 0 Å². The minimum absolute atomic E-state index is 0.0345. The smallest absolute Gasteiger partial charge is 0.255 e. The molecule has 1 amide bonds. The largest absolute Gasteiger partial charge is 0.321 e. The fraction of sp³-hybridized carbons (Fsp3) is 0. The van der Waals surface area contributed by atoms with E-state index < -0.39 is 17.5 Å². The quantitative estimate of drug-likeness (QED) is 0.905. The summed E-state index contributed by atoms with van der Waals surface area (Å²) in [4.78, 5) is 11.9. The highest BCUT2D eigenvalue weighted by Gasteiger charge is 2.12. The number of hydrogen-bond acceptors (Lipinski definition) is 2. The van der Waals surface area contributed by atoms with Gasteiger partial charge in [-0.15, -0.1) is 0 Å². The average molecular weight is 337 g/mol. The molecule has 0 spiro atoms. The fourth-order valence-corrected chi connectivity index (χ4v) is 1.91. The van der Waals surface area contributed by atoms with Crippen molar-refractivity contribution in [3.8, 4) is 6.07 Å². The van der Waals surface area contributed by atoms with Crippen molar-refractivity contribution in [3.63, 3.8) is 0 Å². The molecule has 0 fully saturated rings. The first-order valence-corrected chi connectivity index (χ1v) is 6.26. The Balaban J connectivity index is 2.30. The van der Waals surface area contributed by atoms with E-state index in [2.05, 4.69) is 21.2 Å². The number of nitrogens with one attached hydrogen (secondary N) is 1. The van der Waals surface area contributed by atoms with Crippen molar-refractivity contribution in [2.45, 2.75) is 0 Å². The van der Waals surface area contributed by atoms with Crippen LogP contribution in [-0.4, -0.2) is 5.91 Å². The Labute approximate surface area is 122 Å². The van der Waals surface area contributed by atoms with Gasteiger partial charge >= 0.3 is 0 Å². The number of rotatable bonds is 2. The standard InChI is InChI=1S/C14H7BrF2N2O/c15-10-3-1-9(7-18)13(6-10)19-14(20)8-2-4-11(16)12(17)5-8/h1-6H,(H,19,20). The van der Waals surface area contributed by atoms with E-state index in [1.165, 1.54) is 6.07 Å². The van der Waals surface area contributed by atoms with Gasteiger partial charge in [0.1, 0.15) is 6.07 Å². The van der Waals surface area contributed by atoms with E-state index in [1.807, 2.05) is 6.07 Å². The van der Waals surface area contributed by atoms with Crippen LogP contribution in [0.3, 0.4) is 0 Å². The van der Waals surface area contributed by atoms with Crippen LogP contribution < -0.4 is 5.32 Å². The summed E-state index contributed by atoms with van der Waals surface area (Å²) in [7, 11) is 0. The molecule has 0 unspecified atom stereocenters. The normalized spacial score (nSPS) is 9.90. The highest BCUT2D eigenvalue weighted by Crippen LogP contribution is 2.21. The van der Waals surface area contributed by atoms with Gasteiger partial charge < -0.3 is 5.32 Å². The Morgan fingerprint density at radius 1 is 1.15 bits per heavy atom. The molecule has 20 heavy (non-hydrogen) atoms. The number of hydrogen-bond donors (Lipinski definition) is 1. The van der Waals surface area contributed by atoms with Crippen molar-refractivity contribution in [3.05, 3.63) is 63.6 Å². The molecule has 2 aromatic rings. The topological polar surface area (TPSA) is 52.9 Å². The van der Waals surface area contributed by atoms with E-state index in [-0.39, 0.29) is 16.8 Å². The minimum atomic E-state index is -1.10. The second kappa shape index (κ2) is 5.80. The zero-order valence-corrected chi connectivity index (χ0v) is 11.5. The van der Waals surface area contributed by atoms with Gasteiger partial charge in [-0.05, 0) is 36.4 Å². The van der Waals surface area contributed by atoms with Crippen molar-refractivity contribution < 1.29 is 13.6 Å². The molecule has 0 aromatic heterocycles. The molecular weight excluding hydrogens is 330 g/mol. The first-order valence-electron chi connectivity index (χ1n) is 5.47. The molecule has 0 aliphatic heterocycles. The van der Waals surface area contributed by atoms with Crippen LogP contribution in [0.4, 0.5) is 14.5 Å². The molecule has 0 saturated carbocycles. The Kier molecular flexibility index (Phi) is 4.11. The number of amides is 1. The van der Waals surface area contributed by atoms with Gasteiger partial charge in [0.15, 0.2) is 11.6 Å². The van der Waals surface area contributed by atoms with Gasteiger partial charge in [-0.25, -0.2) is 8.78 Å². The predicted molar refractivity (Wildman–Crippen MR) is 73.2 cm³/mol. The molecule has 0 aliphatic rings. The predicted octanol–water partition coefficient (Wildman–Crippen LogP) is 3.85. The minimum Gasteiger partial charge on any atom is -0.321 e. The summed E-state index contributed by atoms with van der Waals surface area (Å²) in [5, 5.41) is 11.4. The molecule has 3 nitrogen and oxygen atoms in total. The second-order valence-corrected chi connectivity index (χ2v) is 4.80. The maximum absolute atomic E-state index is 13.1. The van der Waals surface area contributed by atoms with E-state index in [0.29, 0.717) is 4.47 Å². The van der Waals surface area contributed by atoms with Crippen LogP contribution in [0.5, 0.6) is 0 Å². The first kappa shape index (κ1) is 14.2. The van der Waals surface area contributed by atoms with Gasteiger partial charge in [-0.1, -0.05) is 15.9 Å². The number of nitriles is 1. The number of nitrogens with zero attached hydrogens (tertiary/aromatic N) is 1. The van der Waals surface area contributed by atoms with Crippen molar-refractivity contribution >= 4 is 27.5 Å². The summed E-state index contributed by atoms with van der Waals surface area (Å²) in [5.74, 6) is -2.76. The van der Waals surface area contributed by atoms with E-state index in [9.17, 15) is 13.6 Å². The van der Waals surface area contributed by atoms with Crippen LogP contribution in [0.1, 0.15) is 15.9 Å². The molecule has 100 valence electrons. The van der Waals surface area contributed by atoms with E-state index in [1.54, 1.807) is 12.1 Å². The lowest BCUT2D eigenvalue weighted by molar-refractivity contribution is 0.102. The lowest BCUT2D eigenvalue weighted by Gasteiger charge is -2.08. The summed E-state index contributed by atoms with van der Waals surface area (Å²) >= 11 is 3.22. The summed E-state index contributed by atoms with van der Waals surface area (Å²) < 4.78 is 26.6. The Bertz CT molecular complexity index is 726. The summed E-state index contributed by atoms with van der Waals surface area (Å²) in [6.45, 7) is 0. The van der Waals surface area contributed by atoms with Crippen LogP contribution in [0.15, 0.2) is 40.9 Å². The highest BCUT2D eigenvalue weighted by molar-refractivity contribution is 9.10. The van der Waals surface area contributed by atoms with Gasteiger partial charge in [0, 0.05) is 10.0 Å². The number of carbonyl (C=O) groups is 1. The van der Waals surface area contributed by atoms with Crippen molar-refractivity contribution in [1.82, 2.24) is 0 Å². The van der Waals surface area contributed by atoms with Gasteiger partial charge in [0.2, 0.25) is 0 Å². The Morgan fingerprint density at radius 2 is 1.90 bits per heavy atom. The van der Waals surface area contributed by atoms with Gasteiger partial charge in [-0.3, -0.25) is 4.79 Å². The maximum Gasteiger partial charge on any atom is 0.255 e. The van der Waals surface area contributed by atoms with Gasteiger partial charge in [0.05, 0.1) is 11.3 Å². The third kappa shape index (κ3) is 3.00. The van der Waals surface area contributed by atoms with Crippen LogP contribution in [0.2, 0.25) is 0 Å². The summed E-state index contributed by atoms with van der Waals surface area (Å²) in [5.41, 5.74) is 0.522. The Morgan fingerprint density at radius 3 is 2.55 bits per heavy atom. The van der Waals surface area contributed by atoms with Crippen LogP contribution >= 0.6 is 15.9 Å². The van der Waals surface area contributed by atoms with E-state index in [0.717, 1.165) is 18.2 Å². The molecule has 2 aromatic carbocycles. The van der Waals surface area contributed by atoms with Crippen LogP contribution in [-0.2, 0) is 0 Å². The molecule has 0 bridgehead atoms. The number of anilines is 1. The molecular formula is C14H7BrF2N2O. The van der Waals surface area contributed by atoms with Crippen LogP contribution in [0.25, 0.3) is 0 Å². The number of benzene rings is 2. The SMILES string of the molecule is N#Cc1ccc(Br)cc1NC(=O)c1ccc(F)c(F)c1. The third-order valence-electron chi connectivity index (χ3n) is 2.53. The molecule has 0 heterocycles. The lowest BCUT2D eigenvalue weighted by Crippen LogP contribution is -2.13. The average Bonchev–Trinajstić information content (AvgIpc) is 2.42. The Hall–Kier alpha value is -2.26. The number of carbonyl (C=O) groups excluding carboxylic acids is 1. The molecule has 0 radical (unpaired) electrons. The monoisotopic (exact) mass is 336 g/mol. The molecule has 6 heteroatoms.